The molecule has 0 radical (unpaired) electrons. The van der Waals surface area contributed by atoms with Crippen molar-refractivity contribution in [1.29, 1.82) is 0 Å². The molecule has 2 N–H and O–H groups in total. The Labute approximate surface area is 109 Å². The molecule has 0 amide bonds. The van der Waals surface area contributed by atoms with Gasteiger partial charge in [-0.05, 0) is 37.1 Å². The third-order valence-corrected chi connectivity index (χ3v) is 3.89. The molecule has 1 heterocycles. The third-order valence-electron chi connectivity index (χ3n) is 2.64. The van der Waals surface area contributed by atoms with Crippen LogP contribution in [0.5, 0.6) is 0 Å². The van der Waals surface area contributed by atoms with Gasteiger partial charge in [0.25, 0.3) is 0 Å². The van der Waals surface area contributed by atoms with Crippen LogP contribution in [0.1, 0.15) is 16.7 Å². The van der Waals surface area contributed by atoms with Crippen molar-refractivity contribution in [3.8, 4) is 11.4 Å². The average Bonchev–Trinajstić information content (AvgIpc) is 2.35. The van der Waals surface area contributed by atoms with Crippen molar-refractivity contribution < 1.29 is 0 Å². The number of hydrogen-bond donors (Lipinski definition) is 1. The summed E-state index contributed by atoms with van der Waals surface area (Å²) in [6.07, 6.45) is 3.55. The maximum atomic E-state index is 5.52. The first-order valence-corrected chi connectivity index (χ1v) is 6.19. The summed E-state index contributed by atoms with van der Waals surface area (Å²) < 4.78 is 1.14. The number of rotatable bonds is 2. The van der Waals surface area contributed by atoms with E-state index in [4.69, 9.17) is 5.73 Å². The molecule has 0 saturated carbocycles. The van der Waals surface area contributed by atoms with E-state index in [2.05, 4.69) is 51.9 Å². The maximum Gasteiger partial charge on any atom is 0.159 e. The lowest BCUT2D eigenvalue weighted by atomic mass is 10.1. The second-order valence-electron chi connectivity index (χ2n) is 4.04. The SMILES string of the molecule is Cc1cc(-c2ncc(CN)cn2)cc(C)c1Br. The minimum atomic E-state index is 0.471. The first kappa shape index (κ1) is 12.2. The van der Waals surface area contributed by atoms with Crippen LogP contribution in [0.25, 0.3) is 11.4 Å². The molecule has 2 aromatic rings. The van der Waals surface area contributed by atoms with Crippen molar-refractivity contribution in [1.82, 2.24) is 9.97 Å². The van der Waals surface area contributed by atoms with Gasteiger partial charge in [-0.3, -0.25) is 0 Å². The largest absolute Gasteiger partial charge is 0.326 e. The van der Waals surface area contributed by atoms with Crippen molar-refractivity contribution >= 4 is 15.9 Å². The highest BCUT2D eigenvalue weighted by Gasteiger charge is 2.06. The van der Waals surface area contributed by atoms with Crippen LogP contribution in [0.2, 0.25) is 0 Å². The smallest absolute Gasteiger partial charge is 0.159 e. The highest BCUT2D eigenvalue weighted by molar-refractivity contribution is 9.10. The molecule has 1 aromatic carbocycles. The molecule has 3 nitrogen and oxygen atoms in total. The Balaban J connectivity index is 2.45. The Morgan fingerprint density at radius 3 is 2.12 bits per heavy atom. The highest BCUT2D eigenvalue weighted by atomic mass is 79.9. The standard InChI is InChI=1S/C13H14BrN3/c1-8-3-11(4-9(2)12(8)14)13-16-6-10(5-15)7-17-13/h3-4,6-7H,5,15H2,1-2H3. The second-order valence-corrected chi connectivity index (χ2v) is 4.84. The predicted octanol–water partition coefficient (Wildman–Crippen LogP) is 2.98. The van der Waals surface area contributed by atoms with Gasteiger partial charge in [0.15, 0.2) is 5.82 Å². The lowest BCUT2D eigenvalue weighted by molar-refractivity contribution is 1.01. The van der Waals surface area contributed by atoms with Gasteiger partial charge in [0.2, 0.25) is 0 Å². The molecule has 0 fully saturated rings. The lowest BCUT2D eigenvalue weighted by Crippen LogP contribution is -1.99. The quantitative estimate of drug-likeness (QED) is 0.925. The molecule has 0 unspecified atom stereocenters. The Morgan fingerprint density at radius 1 is 1.12 bits per heavy atom. The van der Waals surface area contributed by atoms with Gasteiger partial charge < -0.3 is 5.73 Å². The summed E-state index contributed by atoms with van der Waals surface area (Å²) in [4.78, 5) is 8.65. The van der Waals surface area contributed by atoms with E-state index in [0.717, 1.165) is 21.4 Å². The molecule has 0 saturated heterocycles. The minimum absolute atomic E-state index is 0.471. The number of nitrogens with two attached hydrogens (primary N) is 1. The number of aryl methyl sites for hydroxylation is 2. The normalized spacial score (nSPS) is 10.6. The molecular formula is C13H14BrN3. The highest BCUT2D eigenvalue weighted by Crippen LogP contribution is 2.26. The molecule has 4 heteroatoms. The Hall–Kier alpha value is -1.26. The molecule has 0 aliphatic rings. The first-order valence-electron chi connectivity index (χ1n) is 5.40. The molecule has 0 bridgehead atoms. The molecule has 17 heavy (non-hydrogen) atoms. The van der Waals surface area contributed by atoms with Crippen molar-refractivity contribution in [2.75, 3.05) is 0 Å². The van der Waals surface area contributed by atoms with Crippen LogP contribution in [-0.2, 0) is 6.54 Å². The summed E-state index contributed by atoms with van der Waals surface area (Å²) >= 11 is 3.55. The van der Waals surface area contributed by atoms with Gasteiger partial charge in [-0.25, -0.2) is 9.97 Å². The topological polar surface area (TPSA) is 51.8 Å². The molecule has 1 aromatic heterocycles. The summed E-state index contributed by atoms with van der Waals surface area (Å²) in [5, 5.41) is 0. The van der Waals surface area contributed by atoms with Crippen LogP contribution >= 0.6 is 15.9 Å². The molecule has 0 aliphatic heterocycles. The van der Waals surface area contributed by atoms with E-state index in [0.29, 0.717) is 6.54 Å². The van der Waals surface area contributed by atoms with E-state index in [-0.39, 0.29) is 0 Å². The molecule has 0 spiro atoms. The molecule has 0 aliphatic carbocycles. The number of benzene rings is 1. The fraction of sp³-hybridized carbons (Fsp3) is 0.231. The molecule has 2 rings (SSSR count). The van der Waals surface area contributed by atoms with E-state index in [1.54, 1.807) is 12.4 Å². The van der Waals surface area contributed by atoms with Crippen LogP contribution in [-0.4, -0.2) is 9.97 Å². The van der Waals surface area contributed by atoms with Gasteiger partial charge in [0.05, 0.1) is 0 Å². The molecule has 88 valence electrons. The number of aromatic nitrogens is 2. The summed E-state index contributed by atoms with van der Waals surface area (Å²) in [5.74, 6) is 0.737. The van der Waals surface area contributed by atoms with E-state index in [1.165, 1.54) is 11.1 Å². The Kier molecular flexibility index (Phi) is 3.54. The van der Waals surface area contributed by atoms with Crippen molar-refractivity contribution in [2.45, 2.75) is 20.4 Å². The fourth-order valence-electron chi connectivity index (χ4n) is 1.68. The predicted molar refractivity (Wildman–Crippen MR) is 72.5 cm³/mol. The van der Waals surface area contributed by atoms with Crippen LogP contribution in [0.3, 0.4) is 0 Å². The number of halogens is 1. The maximum absolute atomic E-state index is 5.52. The van der Waals surface area contributed by atoms with E-state index >= 15 is 0 Å². The summed E-state index contributed by atoms with van der Waals surface area (Å²) in [6.45, 7) is 4.60. The Bertz CT molecular complexity index is 512. The van der Waals surface area contributed by atoms with Gasteiger partial charge >= 0.3 is 0 Å². The molecular weight excluding hydrogens is 278 g/mol. The van der Waals surface area contributed by atoms with E-state index < -0.39 is 0 Å². The average molecular weight is 292 g/mol. The van der Waals surface area contributed by atoms with Gasteiger partial charge in [-0.2, -0.15) is 0 Å². The minimum Gasteiger partial charge on any atom is -0.326 e. The van der Waals surface area contributed by atoms with Gasteiger partial charge in [0, 0.05) is 34.5 Å². The van der Waals surface area contributed by atoms with E-state index in [9.17, 15) is 0 Å². The third kappa shape index (κ3) is 2.53. The monoisotopic (exact) mass is 291 g/mol. The lowest BCUT2D eigenvalue weighted by Gasteiger charge is -2.07. The summed E-state index contributed by atoms with van der Waals surface area (Å²) in [7, 11) is 0. The van der Waals surface area contributed by atoms with Gasteiger partial charge in [-0.1, -0.05) is 15.9 Å². The first-order chi connectivity index (χ1) is 8.11. The van der Waals surface area contributed by atoms with Crippen LogP contribution < -0.4 is 5.73 Å². The zero-order valence-corrected chi connectivity index (χ0v) is 11.5. The van der Waals surface area contributed by atoms with Crippen LogP contribution in [0, 0.1) is 13.8 Å². The van der Waals surface area contributed by atoms with Crippen LogP contribution in [0.4, 0.5) is 0 Å². The number of hydrogen-bond acceptors (Lipinski definition) is 3. The van der Waals surface area contributed by atoms with Crippen molar-refractivity contribution in [3.05, 3.63) is 45.7 Å². The zero-order chi connectivity index (χ0) is 12.4. The fourth-order valence-corrected chi connectivity index (χ4v) is 1.91. The van der Waals surface area contributed by atoms with Gasteiger partial charge in [-0.15, -0.1) is 0 Å². The van der Waals surface area contributed by atoms with Crippen LogP contribution in [0.15, 0.2) is 29.0 Å². The zero-order valence-electron chi connectivity index (χ0n) is 9.87. The summed E-state index contributed by atoms with van der Waals surface area (Å²) in [5.41, 5.74) is 9.87. The summed E-state index contributed by atoms with van der Waals surface area (Å²) in [6, 6.07) is 4.16. The van der Waals surface area contributed by atoms with E-state index in [1.807, 2.05) is 0 Å². The van der Waals surface area contributed by atoms with Crippen molar-refractivity contribution in [2.24, 2.45) is 5.73 Å². The number of nitrogens with zero attached hydrogens (tertiary/aromatic N) is 2. The van der Waals surface area contributed by atoms with Gasteiger partial charge in [0.1, 0.15) is 0 Å². The van der Waals surface area contributed by atoms with Crippen molar-refractivity contribution in [3.63, 3.8) is 0 Å². The second kappa shape index (κ2) is 4.94. The molecule has 0 atom stereocenters. The Morgan fingerprint density at radius 2 is 1.65 bits per heavy atom.